The second-order valence-corrected chi connectivity index (χ2v) is 4.65. The average molecular weight is 259 g/mol. The number of hydrogen-bond acceptors (Lipinski definition) is 2. The molecule has 3 heteroatoms. The SMILES string of the molecule is COC(c1ccccc1)C(N)c1cc(C)cc(F)c1. The third-order valence-electron chi connectivity index (χ3n) is 3.16. The quantitative estimate of drug-likeness (QED) is 0.911. The number of nitrogens with two attached hydrogens (primary N) is 1. The van der Waals surface area contributed by atoms with Gasteiger partial charge in [-0.1, -0.05) is 36.4 Å². The zero-order valence-corrected chi connectivity index (χ0v) is 11.1. The lowest BCUT2D eigenvalue weighted by atomic mass is 9.95. The number of rotatable bonds is 4. The van der Waals surface area contributed by atoms with E-state index in [0.29, 0.717) is 0 Å². The summed E-state index contributed by atoms with van der Waals surface area (Å²) in [5.41, 5.74) is 8.81. The highest BCUT2D eigenvalue weighted by Gasteiger charge is 2.21. The molecule has 0 heterocycles. The Balaban J connectivity index is 2.33. The van der Waals surface area contributed by atoms with E-state index in [0.717, 1.165) is 16.7 Å². The molecule has 0 radical (unpaired) electrons. The van der Waals surface area contributed by atoms with Gasteiger partial charge in [0.05, 0.1) is 6.04 Å². The van der Waals surface area contributed by atoms with E-state index in [9.17, 15) is 4.39 Å². The predicted octanol–water partition coefficient (Wildman–Crippen LogP) is 3.52. The molecule has 2 N–H and O–H groups in total. The van der Waals surface area contributed by atoms with Crippen LogP contribution in [0.2, 0.25) is 0 Å². The van der Waals surface area contributed by atoms with E-state index in [1.807, 2.05) is 43.3 Å². The molecule has 0 spiro atoms. The van der Waals surface area contributed by atoms with E-state index < -0.39 is 6.04 Å². The van der Waals surface area contributed by atoms with E-state index >= 15 is 0 Å². The summed E-state index contributed by atoms with van der Waals surface area (Å²) in [5, 5.41) is 0. The van der Waals surface area contributed by atoms with Crippen LogP contribution in [0.15, 0.2) is 48.5 Å². The fraction of sp³-hybridized carbons (Fsp3) is 0.250. The molecule has 0 fully saturated rings. The maximum atomic E-state index is 13.5. The Morgan fingerprint density at radius 2 is 1.74 bits per heavy atom. The van der Waals surface area contributed by atoms with E-state index in [-0.39, 0.29) is 11.9 Å². The van der Waals surface area contributed by atoms with E-state index in [4.69, 9.17) is 10.5 Å². The molecule has 2 atom stereocenters. The van der Waals surface area contributed by atoms with E-state index in [1.54, 1.807) is 7.11 Å². The highest BCUT2D eigenvalue weighted by Crippen LogP contribution is 2.30. The van der Waals surface area contributed by atoms with Crippen molar-refractivity contribution in [3.63, 3.8) is 0 Å². The van der Waals surface area contributed by atoms with Crippen LogP contribution < -0.4 is 5.73 Å². The van der Waals surface area contributed by atoms with Gasteiger partial charge in [-0.3, -0.25) is 0 Å². The zero-order valence-electron chi connectivity index (χ0n) is 11.1. The average Bonchev–Trinajstić information content (AvgIpc) is 2.39. The van der Waals surface area contributed by atoms with Crippen LogP contribution in [0, 0.1) is 12.7 Å². The minimum atomic E-state index is -0.401. The number of benzene rings is 2. The van der Waals surface area contributed by atoms with Gasteiger partial charge in [-0.2, -0.15) is 0 Å². The van der Waals surface area contributed by atoms with Crippen LogP contribution in [0.4, 0.5) is 4.39 Å². The third-order valence-corrected chi connectivity index (χ3v) is 3.16. The monoisotopic (exact) mass is 259 g/mol. The number of hydrogen-bond donors (Lipinski definition) is 1. The van der Waals surface area contributed by atoms with Crippen LogP contribution in [0.3, 0.4) is 0 Å². The Morgan fingerprint density at radius 1 is 1.05 bits per heavy atom. The first-order valence-electron chi connectivity index (χ1n) is 6.22. The molecule has 100 valence electrons. The van der Waals surface area contributed by atoms with Gasteiger partial charge in [0.1, 0.15) is 11.9 Å². The second-order valence-electron chi connectivity index (χ2n) is 4.65. The summed E-state index contributed by atoms with van der Waals surface area (Å²) in [6.45, 7) is 1.85. The van der Waals surface area contributed by atoms with Crippen LogP contribution in [-0.4, -0.2) is 7.11 Å². The molecule has 0 aromatic heterocycles. The van der Waals surface area contributed by atoms with Gasteiger partial charge in [-0.25, -0.2) is 4.39 Å². The van der Waals surface area contributed by atoms with Gasteiger partial charge >= 0.3 is 0 Å². The molecule has 19 heavy (non-hydrogen) atoms. The molecule has 0 saturated heterocycles. The molecule has 0 aliphatic heterocycles. The highest BCUT2D eigenvalue weighted by molar-refractivity contribution is 5.29. The molecule has 2 aromatic rings. The van der Waals surface area contributed by atoms with Crippen molar-refractivity contribution in [2.24, 2.45) is 5.73 Å². The Bertz CT molecular complexity index is 521. The Labute approximate surface area is 113 Å². The third kappa shape index (κ3) is 3.19. The van der Waals surface area contributed by atoms with Crippen molar-refractivity contribution >= 4 is 0 Å². The summed E-state index contributed by atoms with van der Waals surface area (Å²) >= 11 is 0. The molecule has 0 bridgehead atoms. The van der Waals surface area contributed by atoms with Gasteiger partial charge in [-0.15, -0.1) is 0 Å². The smallest absolute Gasteiger partial charge is 0.123 e. The first-order chi connectivity index (χ1) is 9.11. The van der Waals surface area contributed by atoms with Crippen molar-refractivity contribution in [3.05, 3.63) is 71.0 Å². The van der Waals surface area contributed by atoms with Crippen molar-refractivity contribution < 1.29 is 9.13 Å². The Morgan fingerprint density at radius 3 is 2.32 bits per heavy atom. The highest BCUT2D eigenvalue weighted by atomic mass is 19.1. The molecule has 2 aromatic carbocycles. The number of ether oxygens (including phenoxy) is 1. The lowest BCUT2D eigenvalue weighted by Crippen LogP contribution is -2.21. The Kier molecular flexibility index (Phi) is 4.30. The van der Waals surface area contributed by atoms with Crippen molar-refractivity contribution in [1.82, 2.24) is 0 Å². The van der Waals surface area contributed by atoms with Crippen LogP contribution in [0.25, 0.3) is 0 Å². The first kappa shape index (κ1) is 13.7. The van der Waals surface area contributed by atoms with Gasteiger partial charge in [-0.05, 0) is 35.7 Å². The van der Waals surface area contributed by atoms with Gasteiger partial charge < -0.3 is 10.5 Å². The summed E-state index contributed by atoms with van der Waals surface area (Å²) in [7, 11) is 1.61. The predicted molar refractivity (Wildman–Crippen MR) is 74.3 cm³/mol. The summed E-state index contributed by atoms with van der Waals surface area (Å²) in [6.07, 6.45) is -0.289. The summed E-state index contributed by atoms with van der Waals surface area (Å²) in [4.78, 5) is 0. The van der Waals surface area contributed by atoms with Crippen molar-refractivity contribution in [2.75, 3.05) is 7.11 Å². The standard InChI is InChI=1S/C16H18FNO/c1-11-8-13(10-14(17)9-11)15(18)16(19-2)12-6-4-3-5-7-12/h3-10,15-16H,18H2,1-2H3. The molecule has 2 nitrogen and oxygen atoms in total. The fourth-order valence-corrected chi connectivity index (χ4v) is 2.26. The molecular weight excluding hydrogens is 241 g/mol. The molecule has 0 amide bonds. The van der Waals surface area contributed by atoms with Crippen molar-refractivity contribution in [1.29, 1.82) is 0 Å². The topological polar surface area (TPSA) is 35.2 Å². The molecule has 0 aliphatic rings. The Hall–Kier alpha value is -1.71. The molecule has 2 rings (SSSR count). The number of halogens is 1. The maximum Gasteiger partial charge on any atom is 0.123 e. The number of aryl methyl sites for hydroxylation is 1. The largest absolute Gasteiger partial charge is 0.375 e. The zero-order chi connectivity index (χ0) is 13.8. The van der Waals surface area contributed by atoms with Gasteiger partial charge in [0.25, 0.3) is 0 Å². The lowest BCUT2D eigenvalue weighted by Gasteiger charge is -2.23. The van der Waals surface area contributed by atoms with Gasteiger partial charge in [0.2, 0.25) is 0 Å². The number of methoxy groups -OCH3 is 1. The fourth-order valence-electron chi connectivity index (χ4n) is 2.26. The second kappa shape index (κ2) is 5.95. The minimum Gasteiger partial charge on any atom is -0.375 e. The van der Waals surface area contributed by atoms with Crippen LogP contribution in [0.1, 0.15) is 28.8 Å². The van der Waals surface area contributed by atoms with Crippen molar-refractivity contribution in [2.45, 2.75) is 19.1 Å². The normalized spacial score (nSPS) is 14.1. The lowest BCUT2D eigenvalue weighted by molar-refractivity contribution is 0.0801. The molecule has 0 aliphatic carbocycles. The molecule has 0 saturated carbocycles. The summed E-state index contributed by atoms with van der Waals surface area (Å²) in [6, 6.07) is 14.2. The first-order valence-corrected chi connectivity index (χ1v) is 6.22. The van der Waals surface area contributed by atoms with Crippen molar-refractivity contribution in [3.8, 4) is 0 Å². The van der Waals surface area contributed by atoms with E-state index in [2.05, 4.69) is 0 Å². The van der Waals surface area contributed by atoms with Gasteiger partial charge in [0, 0.05) is 7.11 Å². The molecule has 2 unspecified atom stereocenters. The van der Waals surface area contributed by atoms with Crippen LogP contribution in [0.5, 0.6) is 0 Å². The van der Waals surface area contributed by atoms with E-state index in [1.165, 1.54) is 12.1 Å². The maximum absolute atomic E-state index is 13.5. The molecular formula is C16H18FNO. The summed E-state index contributed by atoms with van der Waals surface area (Å²) < 4.78 is 18.9. The van der Waals surface area contributed by atoms with Crippen LogP contribution in [-0.2, 0) is 4.74 Å². The van der Waals surface area contributed by atoms with Gasteiger partial charge in [0.15, 0.2) is 0 Å². The minimum absolute atomic E-state index is 0.270. The summed E-state index contributed by atoms with van der Waals surface area (Å²) in [5.74, 6) is -0.270. The van der Waals surface area contributed by atoms with Crippen LogP contribution >= 0.6 is 0 Å².